The lowest BCUT2D eigenvalue weighted by molar-refractivity contribution is 0.0592. The summed E-state index contributed by atoms with van der Waals surface area (Å²) in [6.07, 6.45) is 1.97. The van der Waals surface area contributed by atoms with Gasteiger partial charge < -0.3 is 14.9 Å². The number of aliphatic hydroxyl groups excluding tert-OH is 2. The molecule has 0 saturated carbocycles. The Balaban J connectivity index is 2.64. The van der Waals surface area contributed by atoms with E-state index in [-0.39, 0.29) is 18.1 Å². The summed E-state index contributed by atoms with van der Waals surface area (Å²) in [5.41, 5.74) is 0.117. The normalized spacial score (nSPS) is 12.2. The van der Waals surface area contributed by atoms with Gasteiger partial charge in [0.15, 0.2) is 5.69 Å². The maximum Gasteiger partial charge on any atom is 0.358 e. The molecule has 0 aliphatic carbocycles. The van der Waals surface area contributed by atoms with Crippen molar-refractivity contribution >= 4 is 17.7 Å². The van der Waals surface area contributed by atoms with Gasteiger partial charge in [0.25, 0.3) is 0 Å². The lowest BCUT2D eigenvalue weighted by atomic mass is 10.4. The van der Waals surface area contributed by atoms with Crippen LogP contribution in [0.1, 0.15) is 10.5 Å². The molecule has 0 spiro atoms. The predicted octanol–water partition coefficient (Wildman–Crippen LogP) is -0.291. The average molecular weight is 244 g/mol. The minimum absolute atomic E-state index is 0.117. The van der Waals surface area contributed by atoms with E-state index in [1.807, 2.05) is 0 Å². The first-order chi connectivity index (χ1) is 7.67. The van der Waals surface area contributed by atoms with Gasteiger partial charge >= 0.3 is 5.97 Å². The third-order valence-corrected chi connectivity index (χ3v) is 2.69. The quantitative estimate of drug-likeness (QED) is 0.543. The first kappa shape index (κ1) is 12.9. The highest BCUT2D eigenvalue weighted by Gasteiger charge is 2.10. The molecule has 1 atom stereocenters. The zero-order valence-corrected chi connectivity index (χ0v) is 9.48. The molecule has 0 bridgehead atoms. The summed E-state index contributed by atoms with van der Waals surface area (Å²) in [4.78, 5) is 18.9. The van der Waals surface area contributed by atoms with Crippen molar-refractivity contribution in [1.29, 1.82) is 0 Å². The lowest BCUT2D eigenvalue weighted by Gasteiger charge is -2.06. The number of methoxy groups -OCH3 is 1. The van der Waals surface area contributed by atoms with Gasteiger partial charge in [-0.25, -0.2) is 9.78 Å². The van der Waals surface area contributed by atoms with Crippen molar-refractivity contribution in [2.45, 2.75) is 11.1 Å². The fraction of sp³-hybridized carbons (Fsp3) is 0.444. The van der Waals surface area contributed by atoms with Gasteiger partial charge in [-0.05, 0) is 0 Å². The van der Waals surface area contributed by atoms with E-state index in [1.165, 1.54) is 31.3 Å². The van der Waals surface area contributed by atoms with E-state index < -0.39 is 12.1 Å². The van der Waals surface area contributed by atoms with Crippen LogP contribution in [0.3, 0.4) is 0 Å². The van der Waals surface area contributed by atoms with Crippen LogP contribution in [0, 0.1) is 0 Å². The molecular formula is C9H12N2O4S. The number of aliphatic hydroxyl groups is 2. The first-order valence-electron chi connectivity index (χ1n) is 4.49. The predicted molar refractivity (Wildman–Crippen MR) is 57.2 cm³/mol. The maximum absolute atomic E-state index is 11.1. The summed E-state index contributed by atoms with van der Waals surface area (Å²) in [7, 11) is 1.26. The van der Waals surface area contributed by atoms with E-state index in [0.717, 1.165) is 0 Å². The van der Waals surface area contributed by atoms with E-state index in [0.29, 0.717) is 5.03 Å². The number of esters is 1. The number of hydrogen-bond acceptors (Lipinski definition) is 7. The standard InChI is InChI=1S/C9H12N2O4S/c1-15-9(14)7-2-10-3-8(11-7)16-5-6(13)4-12/h2-3,6,12-13H,4-5H2,1H3. The molecule has 1 aromatic rings. The van der Waals surface area contributed by atoms with Gasteiger partial charge in [-0.15, -0.1) is 11.8 Å². The summed E-state index contributed by atoms with van der Waals surface area (Å²) in [6.45, 7) is -0.308. The Morgan fingerprint density at radius 3 is 3.00 bits per heavy atom. The molecule has 0 aromatic carbocycles. The van der Waals surface area contributed by atoms with Crippen LogP contribution in [0.15, 0.2) is 17.4 Å². The highest BCUT2D eigenvalue weighted by atomic mass is 32.2. The fourth-order valence-electron chi connectivity index (χ4n) is 0.855. The van der Waals surface area contributed by atoms with Crippen molar-refractivity contribution in [2.75, 3.05) is 19.5 Å². The van der Waals surface area contributed by atoms with Crippen LogP contribution in [-0.4, -0.2) is 51.7 Å². The molecule has 0 aliphatic rings. The Morgan fingerprint density at radius 1 is 1.62 bits per heavy atom. The monoisotopic (exact) mass is 244 g/mol. The van der Waals surface area contributed by atoms with Crippen LogP contribution in [-0.2, 0) is 4.74 Å². The molecule has 1 unspecified atom stereocenters. The number of hydrogen-bond donors (Lipinski definition) is 2. The summed E-state index contributed by atoms with van der Waals surface area (Å²) >= 11 is 1.20. The van der Waals surface area contributed by atoms with Crippen LogP contribution in [0.2, 0.25) is 0 Å². The molecule has 0 amide bonds. The Hall–Kier alpha value is -1.18. The van der Waals surface area contributed by atoms with Crippen molar-refractivity contribution in [3.05, 3.63) is 18.1 Å². The average Bonchev–Trinajstić information content (AvgIpc) is 2.35. The van der Waals surface area contributed by atoms with Crippen LogP contribution >= 0.6 is 11.8 Å². The van der Waals surface area contributed by atoms with E-state index in [4.69, 9.17) is 10.2 Å². The van der Waals surface area contributed by atoms with Crippen molar-refractivity contribution in [1.82, 2.24) is 9.97 Å². The molecule has 6 nitrogen and oxygen atoms in total. The largest absolute Gasteiger partial charge is 0.464 e. The topological polar surface area (TPSA) is 92.5 Å². The molecule has 0 saturated heterocycles. The third-order valence-electron chi connectivity index (χ3n) is 1.64. The van der Waals surface area contributed by atoms with Gasteiger partial charge in [-0.1, -0.05) is 0 Å². The fourth-order valence-corrected chi connectivity index (χ4v) is 1.62. The van der Waals surface area contributed by atoms with E-state index in [2.05, 4.69) is 14.7 Å². The van der Waals surface area contributed by atoms with Crippen molar-refractivity contribution in [2.24, 2.45) is 0 Å². The molecule has 1 rings (SSSR count). The zero-order chi connectivity index (χ0) is 12.0. The smallest absolute Gasteiger partial charge is 0.358 e. The molecule has 0 aliphatic heterocycles. The second kappa shape index (κ2) is 6.41. The highest BCUT2D eigenvalue weighted by Crippen LogP contribution is 2.15. The molecule has 2 N–H and O–H groups in total. The van der Waals surface area contributed by atoms with Gasteiger partial charge in [0, 0.05) is 5.75 Å². The van der Waals surface area contributed by atoms with E-state index >= 15 is 0 Å². The van der Waals surface area contributed by atoms with Crippen LogP contribution in [0.25, 0.3) is 0 Å². The highest BCUT2D eigenvalue weighted by molar-refractivity contribution is 7.99. The first-order valence-corrected chi connectivity index (χ1v) is 5.48. The second-order valence-electron chi connectivity index (χ2n) is 2.88. The minimum Gasteiger partial charge on any atom is -0.464 e. The molecule has 1 aromatic heterocycles. The Labute approximate surface area is 96.7 Å². The zero-order valence-electron chi connectivity index (χ0n) is 8.66. The number of carbonyl (C=O) groups is 1. The van der Waals surface area contributed by atoms with Crippen LogP contribution < -0.4 is 0 Å². The number of ether oxygens (including phenoxy) is 1. The maximum atomic E-state index is 11.1. The molecule has 16 heavy (non-hydrogen) atoms. The van der Waals surface area contributed by atoms with Gasteiger partial charge in [0.05, 0.1) is 32.2 Å². The van der Waals surface area contributed by atoms with Crippen molar-refractivity contribution in [3.63, 3.8) is 0 Å². The summed E-state index contributed by atoms with van der Waals surface area (Å²) < 4.78 is 4.50. The Morgan fingerprint density at radius 2 is 2.38 bits per heavy atom. The van der Waals surface area contributed by atoms with E-state index in [9.17, 15) is 4.79 Å². The van der Waals surface area contributed by atoms with Gasteiger partial charge in [0.1, 0.15) is 5.03 Å². The second-order valence-corrected chi connectivity index (χ2v) is 3.92. The van der Waals surface area contributed by atoms with Crippen LogP contribution in [0.4, 0.5) is 0 Å². The summed E-state index contributed by atoms with van der Waals surface area (Å²) in [5.74, 6) is -0.270. The van der Waals surface area contributed by atoms with Crippen LogP contribution in [0.5, 0.6) is 0 Å². The lowest BCUT2D eigenvalue weighted by Crippen LogP contribution is -2.15. The van der Waals surface area contributed by atoms with Crippen molar-refractivity contribution < 1.29 is 19.7 Å². The molecule has 88 valence electrons. The van der Waals surface area contributed by atoms with Crippen molar-refractivity contribution in [3.8, 4) is 0 Å². The molecule has 0 fully saturated rings. The number of carbonyl (C=O) groups excluding carboxylic acids is 1. The summed E-state index contributed by atoms with van der Waals surface area (Å²) in [5, 5.41) is 18.2. The minimum atomic E-state index is -0.811. The Kier molecular flexibility index (Phi) is 5.17. The molecular weight excluding hydrogens is 232 g/mol. The number of rotatable bonds is 5. The number of aromatic nitrogens is 2. The molecule has 0 radical (unpaired) electrons. The number of nitrogens with zero attached hydrogens (tertiary/aromatic N) is 2. The SMILES string of the molecule is COC(=O)c1cncc(SCC(O)CO)n1. The third kappa shape index (κ3) is 3.76. The van der Waals surface area contributed by atoms with Gasteiger partial charge in [0.2, 0.25) is 0 Å². The Bertz CT molecular complexity index is 361. The van der Waals surface area contributed by atoms with Gasteiger partial charge in [-0.3, -0.25) is 4.98 Å². The van der Waals surface area contributed by atoms with E-state index in [1.54, 1.807) is 0 Å². The van der Waals surface area contributed by atoms with Gasteiger partial charge in [-0.2, -0.15) is 0 Å². The molecule has 1 heterocycles. The molecule has 7 heteroatoms. The number of thioether (sulfide) groups is 1. The summed E-state index contributed by atoms with van der Waals surface area (Å²) in [6, 6.07) is 0.